The van der Waals surface area contributed by atoms with Crippen molar-refractivity contribution >= 4 is 22.0 Å². The summed E-state index contributed by atoms with van der Waals surface area (Å²) in [6.45, 7) is 0. The standard InChI is InChI=1S/C20H23NO8S/c1-25-14-10-17(27-3)15(18(11-14)28-4)7-8-30(23,24)12-13-5-6-16(26-2)19(9-13)29-20(21)22/h5-11H,12H2,1-4H3,(H2,21,22). The van der Waals surface area contributed by atoms with Crippen molar-refractivity contribution < 1.29 is 36.9 Å². The smallest absolute Gasteiger partial charge is 0.410 e. The van der Waals surface area contributed by atoms with Crippen molar-refractivity contribution in [2.75, 3.05) is 28.4 Å². The predicted molar refractivity (Wildman–Crippen MR) is 111 cm³/mol. The maximum Gasteiger partial charge on any atom is 0.410 e. The average molecular weight is 437 g/mol. The quantitative estimate of drug-likeness (QED) is 0.635. The maximum absolute atomic E-state index is 12.6. The molecule has 0 aromatic heterocycles. The molecule has 0 heterocycles. The minimum absolute atomic E-state index is 0.0279. The zero-order valence-corrected chi connectivity index (χ0v) is 17.8. The molecule has 0 bridgehead atoms. The van der Waals surface area contributed by atoms with Gasteiger partial charge in [0.1, 0.15) is 17.2 Å². The van der Waals surface area contributed by atoms with Crippen LogP contribution in [0.5, 0.6) is 28.7 Å². The lowest BCUT2D eigenvalue weighted by Crippen LogP contribution is -2.16. The highest BCUT2D eigenvalue weighted by Crippen LogP contribution is 2.35. The molecule has 0 saturated carbocycles. The molecule has 0 fully saturated rings. The van der Waals surface area contributed by atoms with Crippen LogP contribution in [0.1, 0.15) is 11.1 Å². The van der Waals surface area contributed by atoms with Crippen molar-refractivity contribution in [1.29, 1.82) is 0 Å². The Hall–Kier alpha value is -3.40. The summed E-state index contributed by atoms with van der Waals surface area (Å²) in [5.74, 6) is 1.21. The van der Waals surface area contributed by atoms with Gasteiger partial charge in [-0.2, -0.15) is 0 Å². The average Bonchev–Trinajstić information content (AvgIpc) is 2.71. The van der Waals surface area contributed by atoms with E-state index in [-0.39, 0.29) is 17.3 Å². The first kappa shape index (κ1) is 22.9. The number of amides is 1. The van der Waals surface area contributed by atoms with Crippen molar-refractivity contribution in [1.82, 2.24) is 0 Å². The van der Waals surface area contributed by atoms with Crippen LogP contribution in [0.3, 0.4) is 0 Å². The van der Waals surface area contributed by atoms with Crippen LogP contribution in [0.4, 0.5) is 4.79 Å². The number of rotatable bonds is 9. The highest BCUT2D eigenvalue weighted by Gasteiger charge is 2.15. The molecule has 0 aliphatic carbocycles. The molecule has 10 heteroatoms. The Labute approximate surface area is 174 Å². The van der Waals surface area contributed by atoms with E-state index in [0.717, 1.165) is 5.41 Å². The number of carbonyl (C=O) groups is 1. The Balaban J connectivity index is 2.34. The fourth-order valence-electron chi connectivity index (χ4n) is 2.65. The van der Waals surface area contributed by atoms with Crippen molar-refractivity contribution in [3.63, 3.8) is 0 Å². The molecule has 0 spiro atoms. The largest absolute Gasteiger partial charge is 0.496 e. The number of methoxy groups -OCH3 is 4. The van der Waals surface area contributed by atoms with Crippen LogP contribution >= 0.6 is 0 Å². The monoisotopic (exact) mass is 437 g/mol. The summed E-state index contributed by atoms with van der Waals surface area (Å²) < 4.78 is 51.0. The second-order valence-corrected chi connectivity index (χ2v) is 7.85. The molecular weight excluding hydrogens is 414 g/mol. The Morgan fingerprint density at radius 2 is 1.50 bits per heavy atom. The topological polar surface area (TPSA) is 123 Å². The molecule has 2 N–H and O–H groups in total. The van der Waals surface area contributed by atoms with Crippen LogP contribution in [0.15, 0.2) is 35.7 Å². The molecule has 0 aliphatic rings. The summed E-state index contributed by atoms with van der Waals surface area (Å²) in [6, 6.07) is 7.65. The molecule has 162 valence electrons. The summed E-state index contributed by atoms with van der Waals surface area (Å²) in [6.07, 6.45) is 0.350. The zero-order chi connectivity index (χ0) is 22.3. The molecule has 30 heavy (non-hydrogen) atoms. The Morgan fingerprint density at radius 3 is 2.00 bits per heavy atom. The number of hydrogen-bond acceptors (Lipinski definition) is 8. The van der Waals surface area contributed by atoms with Crippen LogP contribution in [0, 0.1) is 0 Å². The van der Waals surface area contributed by atoms with E-state index in [9.17, 15) is 13.2 Å². The van der Waals surface area contributed by atoms with Gasteiger partial charge in [-0.05, 0) is 23.8 Å². The van der Waals surface area contributed by atoms with Gasteiger partial charge >= 0.3 is 6.09 Å². The molecular formula is C20H23NO8S. The van der Waals surface area contributed by atoms with Crippen LogP contribution in [-0.2, 0) is 15.6 Å². The molecule has 0 saturated heterocycles. The van der Waals surface area contributed by atoms with Gasteiger partial charge in [0, 0.05) is 17.5 Å². The van der Waals surface area contributed by atoms with Crippen molar-refractivity contribution in [2.24, 2.45) is 5.73 Å². The van der Waals surface area contributed by atoms with Gasteiger partial charge < -0.3 is 29.4 Å². The third-order valence-electron chi connectivity index (χ3n) is 4.00. The number of sulfone groups is 1. The molecule has 2 rings (SSSR count). The van der Waals surface area contributed by atoms with Crippen LogP contribution in [0.2, 0.25) is 0 Å². The highest BCUT2D eigenvalue weighted by molar-refractivity contribution is 7.93. The zero-order valence-electron chi connectivity index (χ0n) is 17.0. The lowest BCUT2D eigenvalue weighted by Gasteiger charge is -2.12. The fraction of sp³-hybridized carbons (Fsp3) is 0.250. The van der Waals surface area contributed by atoms with Gasteiger partial charge in [-0.15, -0.1) is 0 Å². The van der Waals surface area contributed by atoms with E-state index < -0.39 is 15.9 Å². The second kappa shape index (κ2) is 9.88. The van der Waals surface area contributed by atoms with E-state index in [1.165, 1.54) is 46.6 Å². The highest BCUT2D eigenvalue weighted by atomic mass is 32.2. The van der Waals surface area contributed by atoms with Crippen LogP contribution in [-0.4, -0.2) is 43.0 Å². The number of benzene rings is 2. The minimum Gasteiger partial charge on any atom is -0.496 e. The lowest BCUT2D eigenvalue weighted by atomic mass is 10.1. The van der Waals surface area contributed by atoms with Crippen LogP contribution in [0.25, 0.3) is 6.08 Å². The predicted octanol–water partition coefficient (Wildman–Crippen LogP) is 2.76. The molecule has 0 radical (unpaired) electrons. The summed E-state index contributed by atoms with van der Waals surface area (Å²) in [4.78, 5) is 11.0. The molecule has 9 nitrogen and oxygen atoms in total. The van der Waals surface area contributed by atoms with Crippen LogP contribution < -0.4 is 29.4 Å². The van der Waals surface area contributed by atoms with E-state index in [0.29, 0.717) is 28.4 Å². The molecule has 1 amide bonds. The van der Waals surface area contributed by atoms with Gasteiger partial charge in [-0.1, -0.05) is 6.07 Å². The number of hydrogen-bond donors (Lipinski definition) is 1. The third kappa shape index (κ3) is 5.80. The number of ether oxygens (including phenoxy) is 5. The van der Waals surface area contributed by atoms with Crippen molar-refractivity contribution in [2.45, 2.75) is 5.75 Å². The van der Waals surface area contributed by atoms with Gasteiger partial charge in [0.25, 0.3) is 0 Å². The third-order valence-corrected chi connectivity index (χ3v) is 5.29. The number of carbonyl (C=O) groups excluding carboxylic acids is 1. The van der Waals surface area contributed by atoms with E-state index in [1.807, 2.05) is 0 Å². The van der Waals surface area contributed by atoms with Crippen molar-refractivity contribution in [3.8, 4) is 28.7 Å². The molecule has 0 unspecified atom stereocenters. The van der Waals surface area contributed by atoms with E-state index >= 15 is 0 Å². The summed E-state index contributed by atoms with van der Waals surface area (Å²) in [5, 5.41) is 1.05. The normalized spacial score (nSPS) is 11.2. The Bertz CT molecular complexity index is 1020. The molecule has 2 aromatic carbocycles. The Morgan fingerprint density at radius 1 is 0.900 bits per heavy atom. The van der Waals surface area contributed by atoms with Gasteiger partial charge in [-0.3, -0.25) is 0 Å². The molecule has 2 aromatic rings. The Kier molecular flexibility index (Phi) is 7.54. The van der Waals surface area contributed by atoms with E-state index in [1.54, 1.807) is 18.2 Å². The molecule has 0 atom stereocenters. The number of primary amides is 1. The van der Waals surface area contributed by atoms with Crippen molar-refractivity contribution in [3.05, 3.63) is 46.9 Å². The van der Waals surface area contributed by atoms with E-state index in [2.05, 4.69) is 0 Å². The first-order valence-electron chi connectivity index (χ1n) is 8.58. The summed E-state index contributed by atoms with van der Waals surface area (Å²) in [7, 11) is 2.10. The lowest BCUT2D eigenvalue weighted by molar-refractivity contribution is 0.208. The minimum atomic E-state index is -3.70. The SMILES string of the molecule is COc1cc(OC)c(C=CS(=O)(=O)Cc2ccc(OC)c(OC(N)=O)c2)c(OC)c1. The summed E-state index contributed by atoms with van der Waals surface area (Å²) in [5.41, 5.74) is 5.86. The van der Waals surface area contributed by atoms with Gasteiger partial charge in [0.15, 0.2) is 21.3 Å². The van der Waals surface area contributed by atoms with Gasteiger partial charge in [-0.25, -0.2) is 13.2 Å². The van der Waals surface area contributed by atoms with Gasteiger partial charge in [0.2, 0.25) is 0 Å². The maximum atomic E-state index is 12.6. The van der Waals surface area contributed by atoms with Gasteiger partial charge in [0.05, 0.1) is 39.8 Å². The second-order valence-electron chi connectivity index (χ2n) is 5.96. The van der Waals surface area contributed by atoms with E-state index in [4.69, 9.17) is 29.4 Å². The fourth-order valence-corrected chi connectivity index (χ4v) is 3.73. The first-order valence-corrected chi connectivity index (χ1v) is 10.3. The summed E-state index contributed by atoms with van der Waals surface area (Å²) >= 11 is 0. The first-order chi connectivity index (χ1) is 14.2. The molecule has 0 aliphatic heterocycles. The number of nitrogens with two attached hydrogens (primary N) is 1.